The van der Waals surface area contributed by atoms with Crippen molar-refractivity contribution >= 4 is 34.9 Å². The molecule has 1 aromatic carbocycles. The molecule has 3 N–H and O–H groups in total. The Labute approximate surface area is 113 Å². The highest BCUT2D eigenvalue weighted by Gasteiger charge is 2.08. The van der Waals surface area contributed by atoms with Gasteiger partial charge in [-0.3, -0.25) is 0 Å². The predicted molar refractivity (Wildman–Crippen MR) is 77.3 cm³/mol. The molecule has 94 valence electrons. The summed E-state index contributed by atoms with van der Waals surface area (Å²) >= 11 is 6.09. The number of benzene rings is 1. The van der Waals surface area contributed by atoms with Gasteiger partial charge in [0.05, 0.1) is 5.52 Å². The molecule has 4 heteroatoms. The lowest BCUT2D eigenvalue weighted by molar-refractivity contribution is 0.639. The van der Waals surface area contributed by atoms with Gasteiger partial charge >= 0.3 is 0 Å². The van der Waals surface area contributed by atoms with E-state index in [1.54, 1.807) is 0 Å². The summed E-state index contributed by atoms with van der Waals surface area (Å²) in [5.41, 5.74) is 9.38. The van der Waals surface area contributed by atoms with Crippen LogP contribution in [0.1, 0.15) is 24.6 Å². The summed E-state index contributed by atoms with van der Waals surface area (Å²) in [4.78, 5) is 3.41. The van der Waals surface area contributed by atoms with Gasteiger partial charge in [-0.05, 0) is 31.0 Å². The Hall–Kier alpha value is -0.700. The van der Waals surface area contributed by atoms with Crippen LogP contribution in [-0.4, -0.2) is 11.0 Å². The van der Waals surface area contributed by atoms with Crippen LogP contribution >= 0.6 is 24.0 Å². The van der Waals surface area contributed by atoms with E-state index in [-0.39, 0.29) is 18.4 Å². The molecule has 0 bridgehead atoms. The minimum atomic E-state index is 0. The molecule has 0 fully saturated rings. The number of H-pyrrole nitrogens is 1. The minimum absolute atomic E-state index is 0. The van der Waals surface area contributed by atoms with E-state index >= 15 is 0 Å². The van der Waals surface area contributed by atoms with Crippen molar-refractivity contribution in [3.8, 4) is 0 Å². The summed E-state index contributed by atoms with van der Waals surface area (Å²) in [7, 11) is 0. The Morgan fingerprint density at radius 2 is 2.12 bits per heavy atom. The van der Waals surface area contributed by atoms with Crippen molar-refractivity contribution in [2.45, 2.75) is 32.7 Å². The molecule has 2 nitrogen and oxygen atoms in total. The van der Waals surface area contributed by atoms with Crippen molar-refractivity contribution < 1.29 is 0 Å². The maximum Gasteiger partial charge on any atom is 0.0500 e. The molecule has 0 radical (unpaired) electrons. The largest absolute Gasteiger partial charge is 0.358 e. The molecule has 1 atom stereocenters. The number of aromatic amines is 1. The molecule has 0 aliphatic carbocycles. The second kappa shape index (κ2) is 5.76. The van der Waals surface area contributed by atoms with Crippen molar-refractivity contribution in [2.24, 2.45) is 5.73 Å². The first-order valence-electron chi connectivity index (χ1n) is 5.64. The fraction of sp³-hybridized carbons (Fsp3) is 0.385. The Morgan fingerprint density at radius 1 is 1.41 bits per heavy atom. The smallest absolute Gasteiger partial charge is 0.0500 e. The number of hydrogen-bond donors (Lipinski definition) is 2. The van der Waals surface area contributed by atoms with E-state index in [1.807, 2.05) is 19.1 Å². The van der Waals surface area contributed by atoms with Crippen LogP contribution in [-0.2, 0) is 6.42 Å². The van der Waals surface area contributed by atoms with Gasteiger partial charge in [0.15, 0.2) is 0 Å². The zero-order chi connectivity index (χ0) is 11.7. The molecule has 1 aromatic heterocycles. The highest BCUT2D eigenvalue weighted by atomic mass is 35.5. The third-order valence-electron chi connectivity index (χ3n) is 3.05. The normalized spacial score (nSPS) is 12.5. The van der Waals surface area contributed by atoms with Crippen LogP contribution in [0, 0.1) is 6.92 Å². The summed E-state index contributed by atoms with van der Waals surface area (Å²) < 4.78 is 0. The Balaban J connectivity index is 0.00000144. The lowest BCUT2D eigenvalue weighted by Gasteiger charge is -2.05. The van der Waals surface area contributed by atoms with Crippen molar-refractivity contribution in [1.29, 1.82) is 0 Å². The molecular formula is C13H18Cl2N2. The first-order chi connectivity index (χ1) is 7.61. The minimum Gasteiger partial charge on any atom is -0.358 e. The van der Waals surface area contributed by atoms with Gasteiger partial charge < -0.3 is 10.7 Å². The highest BCUT2D eigenvalue weighted by molar-refractivity contribution is 6.32. The van der Waals surface area contributed by atoms with Crippen LogP contribution in [0.3, 0.4) is 0 Å². The van der Waals surface area contributed by atoms with E-state index in [0.29, 0.717) is 0 Å². The SMILES string of the molecule is CCC(N)Cc1cc2ccc(Cl)c(C)c2[nH]1.Cl. The van der Waals surface area contributed by atoms with E-state index < -0.39 is 0 Å². The predicted octanol–water partition coefficient (Wildman–Crippen LogP) is 3.83. The monoisotopic (exact) mass is 272 g/mol. The van der Waals surface area contributed by atoms with Crippen LogP contribution in [0.2, 0.25) is 5.02 Å². The number of fused-ring (bicyclic) bond motifs is 1. The van der Waals surface area contributed by atoms with Gasteiger partial charge in [0, 0.05) is 28.6 Å². The number of hydrogen-bond acceptors (Lipinski definition) is 1. The van der Waals surface area contributed by atoms with Crippen LogP contribution in [0.5, 0.6) is 0 Å². The molecule has 0 aliphatic heterocycles. The summed E-state index contributed by atoms with van der Waals surface area (Å²) in [6, 6.07) is 6.37. The Kier molecular flexibility index (Phi) is 4.87. The Bertz CT molecular complexity index is 505. The van der Waals surface area contributed by atoms with Crippen molar-refractivity contribution in [3.63, 3.8) is 0 Å². The molecule has 1 unspecified atom stereocenters. The standard InChI is InChI=1S/C13H17ClN2.ClH/c1-3-10(15)7-11-6-9-4-5-12(14)8(2)13(9)16-11;/h4-6,10,16H,3,7,15H2,1-2H3;1H. The molecular weight excluding hydrogens is 255 g/mol. The van der Waals surface area contributed by atoms with Gasteiger partial charge in [-0.25, -0.2) is 0 Å². The quantitative estimate of drug-likeness (QED) is 0.876. The second-order valence-electron chi connectivity index (χ2n) is 4.30. The topological polar surface area (TPSA) is 41.8 Å². The van der Waals surface area contributed by atoms with Crippen LogP contribution < -0.4 is 5.73 Å². The zero-order valence-corrected chi connectivity index (χ0v) is 11.7. The molecule has 0 saturated heterocycles. The van der Waals surface area contributed by atoms with Crippen molar-refractivity contribution in [3.05, 3.63) is 34.5 Å². The second-order valence-corrected chi connectivity index (χ2v) is 4.71. The van der Waals surface area contributed by atoms with Crippen molar-refractivity contribution in [2.75, 3.05) is 0 Å². The summed E-state index contributed by atoms with van der Waals surface area (Å²) in [6.45, 7) is 4.14. The molecule has 1 heterocycles. The van der Waals surface area contributed by atoms with Gasteiger partial charge in [-0.15, -0.1) is 12.4 Å². The van der Waals surface area contributed by atoms with Gasteiger partial charge in [0.1, 0.15) is 0 Å². The molecule has 0 saturated carbocycles. The number of nitrogens with two attached hydrogens (primary N) is 1. The molecule has 0 amide bonds. The Morgan fingerprint density at radius 3 is 2.76 bits per heavy atom. The first kappa shape index (κ1) is 14.4. The zero-order valence-electron chi connectivity index (χ0n) is 10.1. The molecule has 0 aliphatic rings. The number of rotatable bonds is 3. The fourth-order valence-electron chi connectivity index (χ4n) is 1.91. The fourth-order valence-corrected chi connectivity index (χ4v) is 2.07. The van der Waals surface area contributed by atoms with E-state index in [0.717, 1.165) is 28.9 Å². The van der Waals surface area contributed by atoms with E-state index in [4.69, 9.17) is 17.3 Å². The van der Waals surface area contributed by atoms with Gasteiger partial charge in [0.2, 0.25) is 0 Å². The summed E-state index contributed by atoms with van der Waals surface area (Å²) in [5, 5.41) is 2.01. The van der Waals surface area contributed by atoms with Gasteiger partial charge in [-0.1, -0.05) is 24.6 Å². The van der Waals surface area contributed by atoms with Crippen LogP contribution in [0.4, 0.5) is 0 Å². The van der Waals surface area contributed by atoms with E-state index in [2.05, 4.69) is 18.0 Å². The third kappa shape index (κ3) is 2.95. The van der Waals surface area contributed by atoms with Gasteiger partial charge in [0.25, 0.3) is 0 Å². The van der Waals surface area contributed by atoms with E-state index in [9.17, 15) is 0 Å². The van der Waals surface area contributed by atoms with Gasteiger partial charge in [-0.2, -0.15) is 0 Å². The van der Waals surface area contributed by atoms with Crippen LogP contribution in [0.25, 0.3) is 10.9 Å². The molecule has 2 aromatic rings. The summed E-state index contributed by atoms with van der Waals surface area (Å²) in [6.07, 6.45) is 1.89. The lowest BCUT2D eigenvalue weighted by Crippen LogP contribution is -2.21. The highest BCUT2D eigenvalue weighted by Crippen LogP contribution is 2.25. The average Bonchev–Trinajstić information content (AvgIpc) is 2.67. The lowest BCUT2D eigenvalue weighted by atomic mass is 10.1. The van der Waals surface area contributed by atoms with E-state index in [1.165, 1.54) is 11.1 Å². The molecule has 0 spiro atoms. The number of aryl methyl sites for hydroxylation is 1. The van der Waals surface area contributed by atoms with Crippen LogP contribution in [0.15, 0.2) is 18.2 Å². The average molecular weight is 273 g/mol. The third-order valence-corrected chi connectivity index (χ3v) is 3.46. The summed E-state index contributed by atoms with van der Waals surface area (Å²) in [5.74, 6) is 0. The molecule has 2 rings (SSSR count). The molecule has 17 heavy (non-hydrogen) atoms. The number of nitrogens with one attached hydrogen (secondary N) is 1. The maximum absolute atomic E-state index is 6.09. The maximum atomic E-state index is 6.09. The number of halogens is 2. The van der Waals surface area contributed by atoms with Crippen molar-refractivity contribution in [1.82, 2.24) is 4.98 Å². The number of aromatic nitrogens is 1. The first-order valence-corrected chi connectivity index (χ1v) is 6.02.